The number of aliphatic carboxylic acids is 1. The SMILES string of the molecule is Cc1cc(Cl)c(NC(=O)c2n[nH]c3ccccc23)cc1OCC(=O)O. The fraction of sp³-hybridized carbons (Fsp3) is 0.118. The first-order valence-corrected chi connectivity index (χ1v) is 7.72. The van der Waals surface area contributed by atoms with E-state index in [0.29, 0.717) is 27.4 Å². The third-order valence-electron chi connectivity index (χ3n) is 3.55. The Morgan fingerprint density at radius 2 is 2.08 bits per heavy atom. The van der Waals surface area contributed by atoms with Crippen molar-refractivity contribution in [2.45, 2.75) is 6.92 Å². The molecule has 7 nitrogen and oxygen atoms in total. The molecule has 8 heteroatoms. The molecule has 128 valence electrons. The molecule has 0 aliphatic rings. The van der Waals surface area contributed by atoms with Crippen LogP contribution in [0.4, 0.5) is 5.69 Å². The van der Waals surface area contributed by atoms with Crippen molar-refractivity contribution in [3.8, 4) is 5.75 Å². The summed E-state index contributed by atoms with van der Waals surface area (Å²) in [5, 5.41) is 19.2. The molecule has 0 radical (unpaired) electrons. The number of ether oxygens (including phenoxy) is 1. The molecule has 0 aliphatic heterocycles. The number of anilines is 1. The van der Waals surface area contributed by atoms with Crippen LogP contribution in [-0.4, -0.2) is 33.8 Å². The van der Waals surface area contributed by atoms with Crippen LogP contribution >= 0.6 is 11.6 Å². The standard InChI is InChI=1S/C17H14ClN3O4/c1-9-6-11(18)13(7-14(9)25-8-15(22)23)19-17(24)16-10-4-2-3-5-12(10)20-21-16/h2-7H,8H2,1H3,(H,19,24)(H,20,21)(H,22,23). The topological polar surface area (TPSA) is 104 Å². The monoisotopic (exact) mass is 359 g/mol. The Labute approximate surface area is 147 Å². The summed E-state index contributed by atoms with van der Waals surface area (Å²) in [7, 11) is 0. The zero-order valence-electron chi connectivity index (χ0n) is 13.2. The van der Waals surface area contributed by atoms with Crippen molar-refractivity contribution >= 4 is 40.1 Å². The number of benzene rings is 2. The van der Waals surface area contributed by atoms with Gasteiger partial charge in [0.1, 0.15) is 5.75 Å². The molecule has 3 N–H and O–H groups in total. The zero-order valence-corrected chi connectivity index (χ0v) is 13.9. The molecule has 0 unspecified atom stereocenters. The lowest BCUT2D eigenvalue weighted by Gasteiger charge is -2.12. The molecule has 0 bridgehead atoms. The molecule has 3 aromatic rings. The molecule has 1 aromatic heterocycles. The van der Waals surface area contributed by atoms with Crippen LogP contribution in [0.2, 0.25) is 5.02 Å². The maximum atomic E-state index is 12.5. The van der Waals surface area contributed by atoms with Gasteiger partial charge >= 0.3 is 5.97 Å². The number of carboxylic acids is 1. The van der Waals surface area contributed by atoms with Crippen LogP contribution in [0.3, 0.4) is 0 Å². The van der Waals surface area contributed by atoms with Crippen molar-refractivity contribution < 1.29 is 19.4 Å². The lowest BCUT2D eigenvalue weighted by molar-refractivity contribution is -0.139. The highest BCUT2D eigenvalue weighted by molar-refractivity contribution is 6.34. The number of fused-ring (bicyclic) bond motifs is 1. The van der Waals surface area contributed by atoms with E-state index in [1.807, 2.05) is 18.2 Å². The molecule has 25 heavy (non-hydrogen) atoms. The molecule has 0 fully saturated rings. The second kappa shape index (κ2) is 6.82. The number of halogens is 1. The van der Waals surface area contributed by atoms with Crippen LogP contribution in [-0.2, 0) is 4.79 Å². The maximum absolute atomic E-state index is 12.5. The summed E-state index contributed by atoms with van der Waals surface area (Å²) in [5.74, 6) is -1.20. The zero-order chi connectivity index (χ0) is 18.0. The minimum absolute atomic E-state index is 0.236. The second-order valence-corrected chi connectivity index (χ2v) is 5.76. The Bertz CT molecular complexity index is 968. The number of carbonyl (C=O) groups excluding carboxylic acids is 1. The minimum Gasteiger partial charge on any atom is -0.482 e. The predicted octanol–water partition coefficient (Wildman–Crippen LogP) is 3.24. The van der Waals surface area contributed by atoms with Crippen molar-refractivity contribution in [3.63, 3.8) is 0 Å². The van der Waals surface area contributed by atoms with Gasteiger partial charge in [-0.3, -0.25) is 9.89 Å². The smallest absolute Gasteiger partial charge is 0.341 e. The number of aromatic amines is 1. The fourth-order valence-corrected chi connectivity index (χ4v) is 2.63. The van der Waals surface area contributed by atoms with E-state index < -0.39 is 18.5 Å². The van der Waals surface area contributed by atoms with E-state index in [1.165, 1.54) is 6.07 Å². The van der Waals surface area contributed by atoms with Crippen molar-refractivity contribution in [1.29, 1.82) is 0 Å². The summed E-state index contributed by atoms with van der Waals surface area (Å²) in [4.78, 5) is 23.2. The quantitative estimate of drug-likeness (QED) is 0.648. The van der Waals surface area contributed by atoms with E-state index in [0.717, 1.165) is 5.52 Å². The first kappa shape index (κ1) is 16.8. The molecular weight excluding hydrogens is 346 g/mol. The van der Waals surface area contributed by atoms with Gasteiger partial charge in [0.15, 0.2) is 12.3 Å². The van der Waals surface area contributed by atoms with Gasteiger partial charge in [0.2, 0.25) is 0 Å². The van der Waals surface area contributed by atoms with Gasteiger partial charge in [-0.05, 0) is 24.6 Å². The molecule has 1 heterocycles. The lowest BCUT2D eigenvalue weighted by Crippen LogP contribution is -2.14. The molecule has 3 rings (SSSR count). The van der Waals surface area contributed by atoms with Gasteiger partial charge in [0.05, 0.1) is 16.2 Å². The number of rotatable bonds is 5. The number of nitrogens with one attached hydrogen (secondary N) is 2. The number of hydrogen-bond acceptors (Lipinski definition) is 4. The van der Waals surface area contributed by atoms with E-state index in [1.54, 1.807) is 19.1 Å². The highest BCUT2D eigenvalue weighted by Crippen LogP contribution is 2.31. The Kier molecular flexibility index (Phi) is 4.58. The highest BCUT2D eigenvalue weighted by Gasteiger charge is 2.16. The van der Waals surface area contributed by atoms with Crippen LogP contribution in [0, 0.1) is 6.92 Å². The summed E-state index contributed by atoms with van der Waals surface area (Å²) in [5.41, 5.74) is 1.95. The van der Waals surface area contributed by atoms with Gasteiger partial charge in [-0.15, -0.1) is 0 Å². The highest BCUT2D eigenvalue weighted by atomic mass is 35.5. The second-order valence-electron chi connectivity index (χ2n) is 5.35. The number of para-hydroxylation sites is 1. The Morgan fingerprint density at radius 3 is 2.84 bits per heavy atom. The van der Waals surface area contributed by atoms with Gasteiger partial charge in [-0.2, -0.15) is 5.10 Å². The largest absolute Gasteiger partial charge is 0.482 e. The van der Waals surface area contributed by atoms with Crippen molar-refractivity contribution in [1.82, 2.24) is 10.2 Å². The van der Waals surface area contributed by atoms with Gasteiger partial charge in [0.25, 0.3) is 5.91 Å². The number of hydrogen-bond donors (Lipinski definition) is 3. The molecule has 0 saturated heterocycles. The summed E-state index contributed by atoms with van der Waals surface area (Å²) in [6, 6.07) is 10.3. The molecule has 0 saturated carbocycles. The van der Waals surface area contributed by atoms with E-state index >= 15 is 0 Å². The third-order valence-corrected chi connectivity index (χ3v) is 3.86. The van der Waals surface area contributed by atoms with E-state index in [-0.39, 0.29) is 5.69 Å². The number of amides is 1. The maximum Gasteiger partial charge on any atom is 0.341 e. The Morgan fingerprint density at radius 1 is 1.32 bits per heavy atom. The average molecular weight is 360 g/mol. The van der Waals surface area contributed by atoms with Gasteiger partial charge < -0.3 is 15.2 Å². The van der Waals surface area contributed by atoms with E-state index in [4.69, 9.17) is 21.4 Å². The van der Waals surface area contributed by atoms with Crippen molar-refractivity contribution in [2.75, 3.05) is 11.9 Å². The molecule has 2 aromatic carbocycles. The lowest BCUT2D eigenvalue weighted by atomic mass is 10.1. The van der Waals surface area contributed by atoms with E-state index in [9.17, 15) is 9.59 Å². The van der Waals surface area contributed by atoms with E-state index in [2.05, 4.69) is 15.5 Å². The van der Waals surface area contributed by atoms with Crippen molar-refractivity contribution in [2.24, 2.45) is 0 Å². The molecule has 0 spiro atoms. The number of carbonyl (C=O) groups is 2. The number of H-pyrrole nitrogens is 1. The Balaban J connectivity index is 1.87. The summed E-state index contributed by atoms with van der Waals surface area (Å²) < 4.78 is 5.21. The first-order valence-electron chi connectivity index (χ1n) is 7.35. The van der Waals surface area contributed by atoms with Crippen LogP contribution in [0.5, 0.6) is 5.75 Å². The number of nitrogens with zero attached hydrogens (tertiary/aromatic N) is 1. The number of aryl methyl sites for hydroxylation is 1. The molecular formula is C17H14ClN3O4. The summed E-state index contributed by atoms with van der Waals surface area (Å²) in [6.45, 7) is 1.25. The fourth-order valence-electron chi connectivity index (χ4n) is 2.36. The number of aromatic nitrogens is 2. The average Bonchev–Trinajstić information content (AvgIpc) is 3.00. The van der Waals surface area contributed by atoms with Crippen LogP contribution in [0.15, 0.2) is 36.4 Å². The predicted molar refractivity (Wildman–Crippen MR) is 93.4 cm³/mol. The number of carboxylic acid groups (broad SMARTS) is 1. The third kappa shape index (κ3) is 3.56. The molecule has 0 aliphatic carbocycles. The summed E-state index contributed by atoms with van der Waals surface area (Å²) in [6.07, 6.45) is 0. The normalized spacial score (nSPS) is 10.6. The van der Waals surface area contributed by atoms with Crippen LogP contribution in [0.1, 0.15) is 16.1 Å². The Hall–Kier alpha value is -3.06. The molecule has 1 amide bonds. The van der Waals surface area contributed by atoms with Gasteiger partial charge in [0, 0.05) is 11.5 Å². The van der Waals surface area contributed by atoms with Crippen molar-refractivity contribution in [3.05, 3.63) is 52.7 Å². The van der Waals surface area contributed by atoms with Crippen LogP contribution < -0.4 is 10.1 Å². The van der Waals surface area contributed by atoms with Gasteiger partial charge in [-0.25, -0.2) is 4.79 Å². The van der Waals surface area contributed by atoms with Gasteiger partial charge in [-0.1, -0.05) is 29.8 Å². The minimum atomic E-state index is -1.09. The summed E-state index contributed by atoms with van der Waals surface area (Å²) >= 11 is 6.17. The van der Waals surface area contributed by atoms with Crippen LogP contribution in [0.25, 0.3) is 10.9 Å². The first-order chi connectivity index (χ1) is 12.0. The molecule has 0 atom stereocenters.